The highest BCUT2D eigenvalue weighted by Crippen LogP contribution is 2.30. The number of carbonyl (C=O) groups excluding carboxylic acids is 1. The monoisotopic (exact) mass is 264 g/mol. The average Bonchev–Trinajstić information content (AvgIpc) is 2.43. The fourth-order valence-corrected chi connectivity index (χ4v) is 1.95. The number of amides is 1. The van der Waals surface area contributed by atoms with Gasteiger partial charge in [-0.05, 0) is 31.0 Å². The summed E-state index contributed by atoms with van der Waals surface area (Å²) < 4.78 is 5.31. The number of anilines is 1. The molecule has 5 nitrogen and oxygen atoms in total. The molecule has 0 aromatic heterocycles. The van der Waals surface area contributed by atoms with Crippen LogP contribution in [0.4, 0.5) is 5.69 Å². The van der Waals surface area contributed by atoms with Gasteiger partial charge in [0.15, 0.2) is 6.61 Å². The third kappa shape index (κ3) is 3.45. The van der Waals surface area contributed by atoms with E-state index in [2.05, 4.69) is 10.6 Å². The van der Waals surface area contributed by atoms with Crippen LogP contribution in [0.15, 0.2) is 18.2 Å². The Morgan fingerprint density at radius 1 is 1.53 bits per heavy atom. The molecule has 1 aromatic rings. The Balaban J connectivity index is 2.04. The molecule has 1 aromatic carbocycles. The SMILES string of the molecule is CCC(O)CNC(C)c1ccc2c(c1)NC(=O)CO2. The maximum absolute atomic E-state index is 11.3. The number of hydrogen-bond donors (Lipinski definition) is 3. The summed E-state index contributed by atoms with van der Waals surface area (Å²) in [5.74, 6) is 0.566. The third-order valence-corrected chi connectivity index (χ3v) is 3.27. The molecule has 0 saturated carbocycles. The van der Waals surface area contributed by atoms with Crippen LogP contribution in [-0.4, -0.2) is 30.3 Å². The standard InChI is InChI=1S/C14H20N2O3/c1-3-11(17)7-15-9(2)10-4-5-13-12(6-10)16-14(18)8-19-13/h4-6,9,11,15,17H,3,7-8H2,1-2H3,(H,16,18). The van der Waals surface area contributed by atoms with Crippen LogP contribution in [-0.2, 0) is 4.79 Å². The Hall–Kier alpha value is -1.59. The average molecular weight is 264 g/mol. The molecule has 0 spiro atoms. The van der Waals surface area contributed by atoms with Crippen molar-refractivity contribution in [1.29, 1.82) is 0 Å². The van der Waals surface area contributed by atoms with E-state index >= 15 is 0 Å². The van der Waals surface area contributed by atoms with Crippen LogP contribution in [0.3, 0.4) is 0 Å². The smallest absolute Gasteiger partial charge is 0.262 e. The van der Waals surface area contributed by atoms with Gasteiger partial charge in [-0.15, -0.1) is 0 Å². The van der Waals surface area contributed by atoms with E-state index in [9.17, 15) is 9.90 Å². The van der Waals surface area contributed by atoms with E-state index in [0.29, 0.717) is 18.0 Å². The zero-order chi connectivity index (χ0) is 13.8. The number of rotatable bonds is 5. The van der Waals surface area contributed by atoms with Gasteiger partial charge in [-0.3, -0.25) is 4.79 Å². The number of benzene rings is 1. The van der Waals surface area contributed by atoms with E-state index in [-0.39, 0.29) is 24.7 Å². The summed E-state index contributed by atoms with van der Waals surface area (Å²) in [7, 11) is 0. The van der Waals surface area contributed by atoms with Crippen LogP contribution >= 0.6 is 0 Å². The van der Waals surface area contributed by atoms with Gasteiger partial charge in [0.25, 0.3) is 5.91 Å². The van der Waals surface area contributed by atoms with Gasteiger partial charge in [0.05, 0.1) is 11.8 Å². The summed E-state index contributed by atoms with van der Waals surface area (Å²) in [6.45, 7) is 4.60. The zero-order valence-electron chi connectivity index (χ0n) is 11.3. The Bertz CT molecular complexity index is 462. The van der Waals surface area contributed by atoms with Gasteiger partial charge >= 0.3 is 0 Å². The van der Waals surface area contributed by atoms with Crippen LogP contribution < -0.4 is 15.4 Å². The Morgan fingerprint density at radius 2 is 2.32 bits per heavy atom. The Kier molecular flexibility index (Phi) is 4.39. The Labute approximate surface area is 113 Å². The first-order valence-electron chi connectivity index (χ1n) is 6.58. The molecule has 0 bridgehead atoms. The summed E-state index contributed by atoms with van der Waals surface area (Å²) in [4.78, 5) is 11.3. The second kappa shape index (κ2) is 6.04. The normalized spacial score (nSPS) is 17.1. The van der Waals surface area contributed by atoms with Gasteiger partial charge in [-0.1, -0.05) is 13.0 Å². The van der Waals surface area contributed by atoms with Crippen molar-refractivity contribution in [3.63, 3.8) is 0 Å². The minimum Gasteiger partial charge on any atom is -0.482 e. The molecule has 2 rings (SSSR count). The molecular weight excluding hydrogens is 244 g/mol. The van der Waals surface area contributed by atoms with Crippen LogP contribution in [0.2, 0.25) is 0 Å². The minimum atomic E-state index is -0.330. The first-order chi connectivity index (χ1) is 9.10. The Morgan fingerprint density at radius 3 is 3.05 bits per heavy atom. The number of hydrogen-bond acceptors (Lipinski definition) is 4. The summed E-state index contributed by atoms with van der Waals surface area (Å²) in [5, 5.41) is 15.6. The lowest BCUT2D eigenvalue weighted by atomic mass is 10.1. The molecule has 5 heteroatoms. The lowest BCUT2D eigenvalue weighted by molar-refractivity contribution is -0.118. The van der Waals surface area contributed by atoms with Gasteiger partial charge in [-0.2, -0.15) is 0 Å². The molecule has 3 N–H and O–H groups in total. The predicted octanol–water partition coefficient (Wildman–Crippen LogP) is 1.44. The topological polar surface area (TPSA) is 70.6 Å². The summed E-state index contributed by atoms with van der Waals surface area (Å²) in [6.07, 6.45) is 0.400. The van der Waals surface area contributed by atoms with Crippen LogP contribution in [0.5, 0.6) is 5.75 Å². The number of nitrogens with one attached hydrogen (secondary N) is 2. The maximum atomic E-state index is 11.3. The van der Waals surface area contributed by atoms with Crippen LogP contribution in [0, 0.1) is 0 Å². The largest absolute Gasteiger partial charge is 0.482 e. The van der Waals surface area contributed by atoms with E-state index in [1.807, 2.05) is 32.0 Å². The molecule has 0 saturated heterocycles. The van der Waals surface area contributed by atoms with Gasteiger partial charge < -0.3 is 20.5 Å². The summed E-state index contributed by atoms with van der Waals surface area (Å²) >= 11 is 0. The van der Waals surface area contributed by atoms with Crippen molar-refractivity contribution >= 4 is 11.6 Å². The summed E-state index contributed by atoms with van der Waals surface area (Å²) in [5.41, 5.74) is 1.76. The van der Waals surface area contributed by atoms with Gasteiger partial charge in [0, 0.05) is 12.6 Å². The van der Waals surface area contributed by atoms with E-state index in [4.69, 9.17) is 4.74 Å². The van der Waals surface area contributed by atoms with Crippen LogP contribution in [0.1, 0.15) is 31.9 Å². The molecule has 0 radical (unpaired) electrons. The van der Waals surface area contributed by atoms with Crippen molar-refractivity contribution in [1.82, 2.24) is 5.32 Å². The van der Waals surface area contributed by atoms with Crippen molar-refractivity contribution in [2.24, 2.45) is 0 Å². The quantitative estimate of drug-likeness (QED) is 0.752. The second-order valence-electron chi connectivity index (χ2n) is 4.78. The molecule has 0 aliphatic carbocycles. The molecule has 1 heterocycles. The fourth-order valence-electron chi connectivity index (χ4n) is 1.95. The molecule has 1 aliphatic rings. The molecule has 19 heavy (non-hydrogen) atoms. The molecular formula is C14H20N2O3. The first kappa shape index (κ1) is 13.8. The van der Waals surface area contributed by atoms with Gasteiger partial charge in [0.1, 0.15) is 5.75 Å². The molecule has 2 atom stereocenters. The molecule has 104 valence electrons. The first-order valence-corrected chi connectivity index (χ1v) is 6.58. The van der Waals surface area contributed by atoms with Crippen molar-refractivity contribution < 1.29 is 14.6 Å². The molecule has 1 aliphatic heterocycles. The molecule has 1 amide bonds. The molecule has 2 unspecified atom stereocenters. The van der Waals surface area contributed by atoms with E-state index < -0.39 is 0 Å². The highest BCUT2D eigenvalue weighted by atomic mass is 16.5. The zero-order valence-corrected chi connectivity index (χ0v) is 11.3. The number of ether oxygens (including phenoxy) is 1. The number of carbonyl (C=O) groups is 1. The van der Waals surface area contributed by atoms with Crippen molar-refractivity contribution in [3.05, 3.63) is 23.8 Å². The second-order valence-corrected chi connectivity index (χ2v) is 4.78. The lowest BCUT2D eigenvalue weighted by Crippen LogP contribution is -2.29. The van der Waals surface area contributed by atoms with E-state index in [0.717, 1.165) is 12.0 Å². The molecule has 0 fully saturated rings. The number of aliphatic hydroxyl groups is 1. The number of aliphatic hydroxyl groups excluding tert-OH is 1. The fraction of sp³-hybridized carbons (Fsp3) is 0.500. The highest BCUT2D eigenvalue weighted by Gasteiger charge is 2.17. The highest BCUT2D eigenvalue weighted by molar-refractivity contribution is 5.95. The summed E-state index contributed by atoms with van der Waals surface area (Å²) in [6, 6.07) is 5.83. The van der Waals surface area contributed by atoms with Crippen LogP contribution in [0.25, 0.3) is 0 Å². The van der Waals surface area contributed by atoms with Gasteiger partial charge in [-0.25, -0.2) is 0 Å². The lowest BCUT2D eigenvalue weighted by Gasteiger charge is -2.21. The van der Waals surface area contributed by atoms with E-state index in [1.165, 1.54) is 0 Å². The number of fused-ring (bicyclic) bond motifs is 1. The third-order valence-electron chi connectivity index (χ3n) is 3.27. The predicted molar refractivity (Wildman–Crippen MR) is 73.3 cm³/mol. The van der Waals surface area contributed by atoms with Crippen molar-refractivity contribution in [2.45, 2.75) is 32.4 Å². The maximum Gasteiger partial charge on any atom is 0.262 e. The van der Waals surface area contributed by atoms with E-state index in [1.54, 1.807) is 0 Å². The van der Waals surface area contributed by atoms with Crippen molar-refractivity contribution in [3.8, 4) is 5.75 Å². The van der Waals surface area contributed by atoms with Crippen molar-refractivity contribution in [2.75, 3.05) is 18.5 Å². The van der Waals surface area contributed by atoms with Gasteiger partial charge in [0.2, 0.25) is 0 Å². The minimum absolute atomic E-state index is 0.0723.